The average Bonchev–Trinajstić information content (AvgIpc) is 3.56. The lowest BCUT2D eigenvalue weighted by Gasteiger charge is -2.36. The van der Waals surface area contributed by atoms with Gasteiger partial charge in [-0.2, -0.15) is 0 Å². The molecule has 1 aliphatic carbocycles. The summed E-state index contributed by atoms with van der Waals surface area (Å²) in [4.78, 5) is 38.6. The molecule has 0 radical (unpaired) electrons. The number of carbonyl (C=O) groups is 1. The normalized spacial score (nSPS) is 16.1. The van der Waals surface area contributed by atoms with Gasteiger partial charge in [-0.15, -0.1) is 12.4 Å². The molecule has 1 saturated heterocycles. The summed E-state index contributed by atoms with van der Waals surface area (Å²) in [6, 6.07) is 4.02. The first-order valence-corrected chi connectivity index (χ1v) is 11.2. The van der Waals surface area contributed by atoms with E-state index in [-0.39, 0.29) is 41.2 Å². The van der Waals surface area contributed by atoms with Crippen LogP contribution in [-0.2, 0) is 6.54 Å². The molecule has 1 saturated carbocycles. The monoisotopic (exact) mass is 522 g/mol. The van der Waals surface area contributed by atoms with Gasteiger partial charge in [-0.05, 0) is 25.0 Å². The molecule has 0 bridgehead atoms. The van der Waals surface area contributed by atoms with Gasteiger partial charge in [0, 0.05) is 38.4 Å². The predicted octanol–water partition coefficient (Wildman–Crippen LogP) is 3.43. The van der Waals surface area contributed by atoms with Crippen molar-refractivity contribution in [1.82, 2.24) is 9.47 Å². The molecule has 0 amide bonds. The molecule has 5 rings (SSSR count). The van der Waals surface area contributed by atoms with Gasteiger partial charge < -0.3 is 23.7 Å². The van der Waals surface area contributed by atoms with Crippen molar-refractivity contribution in [2.24, 2.45) is 0 Å². The number of anilines is 1. The highest BCUT2D eigenvalue weighted by Crippen LogP contribution is 2.43. The summed E-state index contributed by atoms with van der Waals surface area (Å²) in [6.07, 6.45) is 2.99. The Balaban J connectivity index is 0.00000304. The number of furan rings is 1. The lowest BCUT2D eigenvalue weighted by atomic mass is 10.1. The molecule has 0 unspecified atom stereocenters. The number of aromatic nitrogens is 1. The van der Waals surface area contributed by atoms with E-state index < -0.39 is 27.7 Å². The van der Waals surface area contributed by atoms with Gasteiger partial charge in [-0.1, -0.05) is 0 Å². The maximum atomic E-state index is 15.4. The largest absolute Gasteiger partial charge is 0.492 e. The first kappa shape index (κ1) is 25.5. The van der Waals surface area contributed by atoms with Crippen LogP contribution in [0.5, 0.6) is 5.75 Å². The van der Waals surface area contributed by atoms with Crippen molar-refractivity contribution in [3.63, 3.8) is 0 Å². The van der Waals surface area contributed by atoms with Crippen LogP contribution in [0, 0.1) is 15.9 Å². The molecule has 11 nitrogen and oxygen atoms in total. The number of nitro groups is 1. The molecule has 2 aromatic heterocycles. The van der Waals surface area contributed by atoms with Gasteiger partial charge in [-0.3, -0.25) is 19.8 Å². The number of hydrogen-bond donors (Lipinski definition) is 1. The van der Waals surface area contributed by atoms with Crippen LogP contribution < -0.4 is 15.1 Å². The summed E-state index contributed by atoms with van der Waals surface area (Å²) < 4.78 is 28.0. The lowest BCUT2D eigenvalue weighted by molar-refractivity contribution is -0.402. The molecule has 2 fully saturated rings. The van der Waals surface area contributed by atoms with E-state index in [4.69, 9.17) is 9.15 Å². The predicted molar refractivity (Wildman–Crippen MR) is 130 cm³/mol. The number of piperazine rings is 1. The van der Waals surface area contributed by atoms with Crippen LogP contribution in [0.4, 0.5) is 16.0 Å². The quantitative estimate of drug-likeness (QED) is 0.366. The second-order valence-electron chi connectivity index (χ2n) is 8.71. The van der Waals surface area contributed by atoms with Crippen LogP contribution in [0.2, 0.25) is 0 Å². The summed E-state index contributed by atoms with van der Waals surface area (Å²) in [6.45, 7) is 2.37. The number of rotatable bonds is 7. The first-order chi connectivity index (χ1) is 16.8. The van der Waals surface area contributed by atoms with Crippen molar-refractivity contribution in [2.75, 3.05) is 38.2 Å². The Kier molecular flexibility index (Phi) is 6.92. The topological polar surface area (TPSA) is 131 Å². The Hall–Kier alpha value is -3.64. The number of carboxylic acids is 1. The minimum Gasteiger partial charge on any atom is -0.492 e. The van der Waals surface area contributed by atoms with Gasteiger partial charge in [0.2, 0.25) is 5.43 Å². The highest BCUT2D eigenvalue weighted by atomic mass is 35.5. The maximum Gasteiger partial charge on any atom is 0.433 e. The molecule has 0 spiro atoms. The highest BCUT2D eigenvalue weighted by molar-refractivity contribution is 5.97. The lowest BCUT2D eigenvalue weighted by Crippen LogP contribution is -2.46. The number of halogens is 2. The van der Waals surface area contributed by atoms with Gasteiger partial charge in [0.1, 0.15) is 21.9 Å². The SMILES string of the molecule is COc1c(N2CCN(Cc3ccc([N+](=O)[O-])o3)CC2)c(F)cc2c(=O)c(C(=O)O)cn(C3CC3)c12.Cl. The summed E-state index contributed by atoms with van der Waals surface area (Å²) in [5.41, 5.74) is -0.521. The highest BCUT2D eigenvalue weighted by Gasteiger charge is 2.32. The number of methoxy groups -OCH3 is 1. The van der Waals surface area contributed by atoms with Crippen LogP contribution >= 0.6 is 12.4 Å². The van der Waals surface area contributed by atoms with Gasteiger partial charge in [-0.25, -0.2) is 9.18 Å². The summed E-state index contributed by atoms with van der Waals surface area (Å²) in [7, 11) is 1.41. The Bertz CT molecular complexity index is 1390. The molecular formula is C23H24ClFN4O7. The number of pyridine rings is 1. The number of fused-ring (bicyclic) bond motifs is 1. The minimum absolute atomic E-state index is 0. The van der Waals surface area contributed by atoms with E-state index in [1.807, 2.05) is 9.80 Å². The Morgan fingerprint density at radius 2 is 1.97 bits per heavy atom. The molecule has 1 aliphatic heterocycles. The van der Waals surface area contributed by atoms with Crippen molar-refractivity contribution in [3.8, 4) is 5.75 Å². The van der Waals surface area contributed by atoms with Crippen molar-refractivity contribution >= 4 is 40.9 Å². The maximum absolute atomic E-state index is 15.4. The average molecular weight is 523 g/mol. The van der Waals surface area contributed by atoms with Crippen LogP contribution in [-0.4, -0.2) is 58.8 Å². The summed E-state index contributed by atoms with van der Waals surface area (Å²) in [5, 5.41) is 20.3. The molecule has 192 valence electrons. The molecule has 3 heterocycles. The van der Waals surface area contributed by atoms with Crippen LogP contribution in [0.25, 0.3) is 10.9 Å². The van der Waals surface area contributed by atoms with E-state index in [2.05, 4.69) is 0 Å². The molecule has 13 heteroatoms. The summed E-state index contributed by atoms with van der Waals surface area (Å²) >= 11 is 0. The molecular weight excluding hydrogens is 499 g/mol. The fourth-order valence-electron chi connectivity index (χ4n) is 4.62. The zero-order valence-electron chi connectivity index (χ0n) is 19.3. The van der Waals surface area contributed by atoms with Crippen LogP contribution in [0.15, 0.2) is 33.6 Å². The van der Waals surface area contributed by atoms with Crippen molar-refractivity contribution < 1.29 is 28.4 Å². The molecule has 1 N–H and O–H groups in total. The van der Waals surface area contributed by atoms with E-state index in [0.29, 0.717) is 44.0 Å². The molecule has 2 aliphatic rings. The fraction of sp³-hybridized carbons (Fsp3) is 0.391. The Morgan fingerprint density at radius 1 is 1.28 bits per heavy atom. The smallest absolute Gasteiger partial charge is 0.433 e. The van der Waals surface area contributed by atoms with E-state index in [1.54, 1.807) is 10.6 Å². The number of aromatic carboxylic acids is 1. The zero-order chi connectivity index (χ0) is 24.9. The van der Waals surface area contributed by atoms with Gasteiger partial charge in [0.15, 0.2) is 11.6 Å². The van der Waals surface area contributed by atoms with E-state index >= 15 is 4.39 Å². The zero-order valence-corrected chi connectivity index (χ0v) is 20.1. The number of benzene rings is 1. The van der Waals surface area contributed by atoms with Crippen molar-refractivity contribution in [1.29, 1.82) is 0 Å². The summed E-state index contributed by atoms with van der Waals surface area (Å²) in [5.74, 6) is -1.65. The van der Waals surface area contributed by atoms with Crippen LogP contribution in [0.1, 0.15) is 35.0 Å². The Labute approximate surface area is 210 Å². The third-order valence-electron chi connectivity index (χ3n) is 6.47. The van der Waals surface area contributed by atoms with Crippen LogP contribution in [0.3, 0.4) is 0 Å². The fourth-order valence-corrected chi connectivity index (χ4v) is 4.62. The molecule has 1 aromatic carbocycles. The van der Waals surface area contributed by atoms with E-state index in [1.165, 1.54) is 19.4 Å². The third kappa shape index (κ3) is 4.49. The van der Waals surface area contributed by atoms with Gasteiger partial charge in [0.05, 0.1) is 30.6 Å². The van der Waals surface area contributed by atoms with Crippen molar-refractivity contribution in [3.05, 3.63) is 61.9 Å². The minimum atomic E-state index is -1.35. The number of ether oxygens (including phenoxy) is 1. The number of nitrogens with zero attached hydrogens (tertiary/aromatic N) is 4. The second kappa shape index (κ2) is 9.78. The van der Waals surface area contributed by atoms with Gasteiger partial charge in [0.25, 0.3) is 0 Å². The third-order valence-corrected chi connectivity index (χ3v) is 6.47. The Morgan fingerprint density at radius 3 is 2.53 bits per heavy atom. The first-order valence-electron chi connectivity index (χ1n) is 11.2. The van der Waals surface area contributed by atoms with Gasteiger partial charge >= 0.3 is 11.9 Å². The van der Waals surface area contributed by atoms with E-state index in [0.717, 1.165) is 18.9 Å². The molecule has 36 heavy (non-hydrogen) atoms. The van der Waals surface area contributed by atoms with E-state index in [9.17, 15) is 24.8 Å². The second-order valence-corrected chi connectivity index (χ2v) is 8.71. The molecule has 3 aromatic rings. The standard InChI is InChI=1S/C23H23FN4O7.ClH/c1-34-22-19-15(21(29)16(23(30)31)12-27(19)13-2-3-13)10-17(24)20(22)26-8-6-25(7-9-26)11-14-4-5-18(35-14)28(32)33;/h4-5,10,12-13H,2-3,6-9,11H2,1H3,(H,30,31);1H. The number of carboxylic acid groups (broad SMARTS) is 1. The number of hydrogen-bond acceptors (Lipinski definition) is 8. The van der Waals surface area contributed by atoms with Crippen molar-refractivity contribution in [2.45, 2.75) is 25.4 Å². The molecule has 0 atom stereocenters.